The van der Waals surface area contributed by atoms with Gasteiger partial charge in [0.05, 0.1) is 11.9 Å². The molecule has 2 unspecified atom stereocenters. The summed E-state index contributed by atoms with van der Waals surface area (Å²) in [5, 5.41) is 13.9. The van der Waals surface area contributed by atoms with Crippen molar-refractivity contribution in [2.45, 2.75) is 78.6 Å². The molecule has 2 aromatic rings. The van der Waals surface area contributed by atoms with Gasteiger partial charge in [-0.05, 0) is 25.2 Å². The molecule has 0 bridgehead atoms. The van der Waals surface area contributed by atoms with Crippen LogP contribution in [0, 0.1) is 5.92 Å². The quantitative estimate of drug-likeness (QED) is 0.706. The summed E-state index contributed by atoms with van der Waals surface area (Å²) >= 11 is 0. The molecule has 0 amide bonds. The van der Waals surface area contributed by atoms with Gasteiger partial charge < -0.3 is 19.6 Å². The summed E-state index contributed by atoms with van der Waals surface area (Å²) in [4.78, 5) is 16.3. The Kier molecular flexibility index (Phi) is 6.37. The Morgan fingerprint density at radius 1 is 1.26 bits per heavy atom. The predicted molar refractivity (Wildman–Crippen MR) is 108 cm³/mol. The molecule has 3 heterocycles. The van der Waals surface area contributed by atoms with E-state index in [1.54, 1.807) is 6.20 Å². The summed E-state index contributed by atoms with van der Waals surface area (Å²) in [7, 11) is 0. The van der Waals surface area contributed by atoms with Gasteiger partial charge in [0.1, 0.15) is 5.69 Å². The highest BCUT2D eigenvalue weighted by molar-refractivity contribution is 5.61. The maximum Gasteiger partial charge on any atom is 0.223 e. The molecule has 1 aliphatic heterocycles. The van der Waals surface area contributed by atoms with Crippen molar-refractivity contribution in [1.29, 1.82) is 0 Å². The first-order chi connectivity index (χ1) is 13.0. The minimum Gasteiger partial charge on any atom is -0.503 e. The van der Waals surface area contributed by atoms with Crippen LogP contribution >= 0.6 is 0 Å². The number of nitrogens with one attached hydrogen (secondary N) is 1. The van der Waals surface area contributed by atoms with Crippen molar-refractivity contribution in [3.05, 3.63) is 34.4 Å². The van der Waals surface area contributed by atoms with Gasteiger partial charge >= 0.3 is 0 Å². The summed E-state index contributed by atoms with van der Waals surface area (Å²) < 4.78 is 4.03. The van der Waals surface area contributed by atoms with Crippen molar-refractivity contribution < 1.29 is 5.11 Å². The van der Waals surface area contributed by atoms with Crippen LogP contribution in [0.1, 0.15) is 58.6 Å². The maximum absolute atomic E-state index is 11.8. The highest BCUT2D eigenvalue weighted by Crippen LogP contribution is 2.29. The Hall–Kier alpha value is -2.08. The highest BCUT2D eigenvalue weighted by Gasteiger charge is 2.23. The van der Waals surface area contributed by atoms with Crippen molar-refractivity contribution in [3.8, 4) is 17.3 Å². The Balaban J connectivity index is 1.73. The zero-order valence-corrected chi connectivity index (χ0v) is 16.7. The Bertz CT molecular complexity index is 824. The average Bonchev–Trinajstić information content (AvgIpc) is 3.09. The lowest BCUT2D eigenvalue weighted by Crippen LogP contribution is -2.30. The highest BCUT2D eigenvalue weighted by atomic mass is 16.3. The Morgan fingerprint density at radius 3 is 2.81 bits per heavy atom. The second kappa shape index (κ2) is 8.74. The number of fused-ring (bicyclic) bond motifs is 3. The van der Waals surface area contributed by atoms with Crippen molar-refractivity contribution in [2.24, 2.45) is 5.92 Å². The van der Waals surface area contributed by atoms with E-state index in [4.69, 9.17) is 0 Å². The summed E-state index contributed by atoms with van der Waals surface area (Å²) in [5.74, 6) is 1.24. The minimum atomic E-state index is -0.356. The molecule has 2 atom stereocenters. The molecular formula is C21H32N4O2. The van der Waals surface area contributed by atoms with E-state index in [0.717, 1.165) is 31.2 Å². The monoisotopic (exact) mass is 372 g/mol. The minimum absolute atomic E-state index is 0.207. The zero-order valence-electron chi connectivity index (χ0n) is 16.7. The molecule has 0 aromatic carbocycles. The molecule has 0 spiro atoms. The van der Waals surface area contributed by atoms with Crippen LogP contribution in [0.4, 0.5) is 0 Å². The van der Waals surface area contributed by atoms with Gasteiger partial charge in [-0.25, -0.2) is 4.98 Å². The Labute approximate surface area is 161 Å². The van der Waals surface area contributed by atoms with Crippen LogP contribution in [0.25, 0.3) is 11.5 Å². The summed E-state index contributed by atoms with van der Waals surface area (Å²) in [6, 6.07) is 1.93. The third kappa shape index (κ3) is 4.26. The van der Waals surface area contributed by atoms with Gasteiger partial charge in [-0.3, -0.25) is 4.79 Å². The molecule has 27 heavy (non-hydrogen) atoms. The molecule has 0 radical (unpaired) electrons. The van der Waals surface area contributed by atoms with E-state index in [2.05, 4.69) is 35.6 Å². The van der Waals surface area contributed by atoms with E-state index >= 15 is 0 Å². The molecule has 6 nitrogen and oxygen atoms in total. The molecule has 0 fully saturated rings. The number of rotatable bonds is 9. The maximum atomic E-state index is 11.8. The second-order valence-corrected chi connectivity index (χ2v) is 7.75. The van der Waals surface area contributed by atoms with Gasteiger partial charge in [-0.15, -0.1) is 0 Å². The zero-order chi connectivity index (χ0) is 19.4. The van der Waals surface area contributed by atoms with Crippen LogP contribution in [0.3, 0.4) is 0 Å². The van der Waals surface area contributed by atoms with Gasteiger partial charge in [-0.2, -0.15) is 0 Å². The summed E-state index contributed by atoms with van der Waals surface area (Å²) in [6.07, 6.45) is 9.64. The lowest BCUT2D eigenvalue weighted by molar-refractivity contribution is 0.385. The fourth-order valence-corrected chi connectivity index (χ4v) is 3.82. The number of nitrogens with zero attached hydrogens (tertiary/aromatic N) is 3. The summed E-state index contributed by atoms with van der Waals surface area (Å²) in [5.41, 5.74) is 1.28. The van der Waals surface area contributed by atoms with Crippen molar-refractivity contribution >= 4 is 0 Å². The van der Waals surface area contributed by atoms with E-state index in [0.29, 0.717) is 17.6 Å². The standard InChI is InChI=1S/C21H32N4O2/c1-4-6-16(8-7-15(3)5-2)22-13-17-14-23-21-19-20(27)18(26)9-10-24(19)11-12-25(17)21/h9-10,14-16,22,27H,4-8,11-13H2,1-3H3. The van der Waals surface area contributed by atoms with Crippen LogP contribution < -0.4 is 10.7 Å². The van der Waals surface area contributed by atoms with Crippen LogP contribution in [-0.4, -0.2) is 25.3 Å². The molecule has 2 aromatic heterocycles. The molecule has 6 heteroatoms. The SMILES string of the molecule is CCCC(CCC(C)CC)NCc1cnc2n1CCn1ccc(=O)c(O)c1-2. The number of hydrogen-bond acceptors (Lipinski definition) is 4. The molecular weight excluding hydrogens is 340 g/mol. The lowest BCUT2D eigenvalue weighted by Gasteiger charge is -2.24. The van der Waals surface area contributed by atoms with Crippen LogP contribution in [0.5, 0.6) is 5.75 Å². The fourth-order valence-electron chi connectivity index (χ4n) is 3.82. The molecule has 0 saturated carbocycles. The average molecular weight is 373 g/mol. The lowest BCUT2D eigenvalue weighted by atomic mass is 9.97. The van der Waals surface area contributed by atoms with Crippen molar-refractivity contribution in [2.75, 3.05) is 0 Å². The normalized spacial score (nSPS) is 15.2. The topological polar surface area (TPSA) is 72.1 Å². The number of aryl methyl sites for hydroxylation is 1. The molecule has 0 aliphatic carbocycles. The number of pyridine rings is 1. The first kappa shape index (κ1) is 19.7. The molecule has 2 N–H and O–H groups in total. The van der Waals surface area contributed by atoms with Gasteiger partial charge in [0.2, 0.25) is 5.43 Å². The number of imidazole rings is 1. The predicted octanol–water partition coefficient (Wildman–Crippen LogP) is 3.52. The van der Waals surface area contributed by atoms with E-state index in [1.807, 2.05) is 10.8 Å². The smallest absolute Gasteiger partial charge is 0.223 e. The summed E-state index contributed by atoms with van der Waals surface area (Å²) in [6.45, 7) is 9.09. The Morgan fingerprint density at radius 2 is 2.07 bits per heavy atom. The molecule has 148 valence electrons. The molecule has 1 aliphatic rings. The largest absolute Gasteiger partial charge is 0.503 e. The van der Waals surface area contributed by atoms with Gasteiger partial charge in [0, 0.05) is 37.9 Å². The first-order valence-corrected chi connectivity index (χ1v) is 10.3. The number of hydrogen-bond donors (Lipinski definition) is 2. The van der Waals surface area contributed by atoms with E-state index in [1.165, 1.54) is 38.2 Å². The number of aromatic hydroxyl groups is 1. The molecule has 3 rings (SSSR count). The third-order valence-electron chi connectivity index (χ3n) is 5.78. The second-order valence-electron chi connectivity index (χ2n) is 7.75. The van der Waals surface area contributed by atoms with Gasteiger partial charge in [-0.1, -0.05) is 33.6 Å². The van der Waals surface area contributed by atoms with Crippen molar-refractivity contribution in [1.82, 2.24) is 19.4 Å². The number of aromatic nitrogens is 3. The van der Waals surface area contributed by atoms with Crippen LogP contribution in [-0.2, 0) is 19.6 Å². The molecule has 0 saturated heterocycles. The van der Waals surface area contributed by atoms with Crippen molar-refractivity contribution in [3.63, 3.8) is 0 Å². The van der Waals surface area contributed by atoms with E-state index in [-0.39, 0.29) is 11.2 Å². The van der Waals surface area contributed by atoms with Crippen LogP contribution in [0.2, 0.25) is 0 Å². The van der Waals surface area contributed by atoms with E-state index < -0.39 is 0 Å². The van der Waals surface area contributed by atoms with Crippen LogP contribution in [0.15, 0.2) is 23.3 Å². The van der Waals surface area contributed by atoms with Gasteiger partial charge in [0.25, 0.3) is 0 Å². The van der Waals surface area contributed by atoms with Gasteiger partial charge in [0.15, 0.2) is 11.6 Å². The third-order valence-corrected chi connectivity index (χ3v) is 5.78. The first-order valence-electron chi connectivity index (χ1n) is 10.3. The van der Waals surface area contributed by atoms with E-state index in [9.17, 15) is 9.90 Å². The fraction of sp³-hybridized carbons (Fsp3) is 0.619.